The number of nitrogens with one attached hydrogen (secondary N) is 2. The number of ether oxygens (including phenoxy) is 1. The molecule has 2 aliphatic carbocycles. The van der Waals surface area contributed by atoms with Crippen LogP contribution in [0.4, 0.5) is 5.69 Å². The SMILES string of the molecule is Cc1ccc2c(c1)[NH+]=C1C3=C(C(=O)c4ccccc4C3=O)C(NCCCN3CCN(Cc4ccccc4)CC3)=CC1O2. The smallest absolute Gasteiger partial charge is 0.246 e. The van der Waals surface area contributed by atoms with E-state index in [1.165, 1.54) is 5.56 Å². The van der Waals surface area contributed by atoms with Crippen LogP contribution in [0.3, 0.4) is 0 Å². The first-order chi connectivity index (χ1) is 20.5. The third kappa shape index (κ3) is 4.99. The summed E-state index contributed by atoms with van der Waals surface area (Å²) < 4.78 is 6.37. The molecule has 0 aromatic heterocycles. The van der Waals surface area contributed by atoms with Gasteiger partial charge in [-0.1, -0.05) is 60.7 Å². The van der Waals surface area contributed by atoms with Crippen molar-refractivity contribution in [1.29, 1.82) is 0 Å². The Hall–Kier alpha value is -4.33. The zero-order valence-electron chi connectivity index (χ0n) is 23.9. The highest BCUT2D eigenvalue weighted by atomic mass is 16.5. The molecule has 7 nitrogen and oxygen atoms in total. The second-order valence-corrected chi connectivity index (χ2v) is 11.5. The maximum absolute atomic E-state index is 13.9. The third-order valence-corrected chi connectivity index (χ3v) is 8.60. The lowest BCUT2D eigenvalue weighted by atomic mass is 9.76. The Balaban J connectivity index is 1.06. The Morgan fingerprint density at radius 3 is 2.31 bits per heavy atom. The fraction of sp³-hybridized carbons (Fsp3) is 0.286. The van der Waals surface area contributed by atoms with Crippen molar-refractivity contribution in [3.05, 3.63) is 118 Å². The number of Topliss-reactive ketones (excluding diaryl/α,β-unsaturated/α-hetero) is 2. The first kappa shape index (κ1) is 26.6. The first-order valence-corrected chi connectivity index (χ1v) is 14.8. The van der Waals surface area contributed by atoms with Gasteiger partial charge in [0.2, 0.25) is 23.3 Å². The van der Waals surface area contributed by atoms with Crippen LogP contribution in [-0.2, 0) is 6.54 Å². The summed E-state index contributed by atoms with van der Waals surface area (Å²) in [5, 5.41) is 3.52. The van der Waals surface area contributed by atoms with E-state index in [9.17, 15) is 9.59 Å². The number of allylic oxidation sites excluding steroid dienone is 1. The zero-order chi connectivity index (χ0) is 28.6. The molecule has 0 amide bonds. The van der Waals surface area contributed by atoms with E-state index in [0.717, 1.165) is 62.7 Å². The Bertz CT molecular complexity index is 1650. The third-order valence-electron chi connectivity index (χ3n) is 8.60. The van der Waals surface area contributed by atoms with Gasteiger partial charge in [-0.05, 0) is 43.2 Å². The molecule has 42 heavy (non-hydrogen) atoms. The summed E-state index contributed by atoms with van der Waals surface area (Å²) in [4.78, 5) is 36.2. The first-order valence-electron chi connectivity index (χ1n) is 14.8. The van der Waals surface area contributed by atoms with Gasteiger partial charge in [0.25, 0.3) is 0 Å². The maximum atomic E-state index is 13.9. The average Bonchev–Trinajstić information content (AvgIpc) is 3.02. The van der Waals surface area contributed by atoms with Crippen molar-refractivity contribution in [2.45, 2.75) is 26.0 Å². The fourth-order valence-corrected chi connectivity index (χ4v) is 6.39. The molecule has 1 fully saturated rings. The van der Waals surface area contributed by atoms with Gasteiger partial charge in [0.05, 0.1) is 5.57 Å². The molecule has 3 aromatic carbocycles. The van der Waals surface area contributed by atoms with Crippen molar-refractivity contribution in [3.63, 3.8) is 0 Å². The highest BCUT2D eigenvalue weighted by molar-refractivity contribution is 6.39. The molecule has 7 rings (SSSR count). The molecule has 1 saturated heterocycles. The summed E-state index contributed by atoms with van der Waals surface area (Å²) in [5.41, 5.74) is 6.31. The number of fused-ring (bicyclic) bond motifs is 4. The van der Waals surface area contributed by atoms with Crippen molar-refractivity contribution in [3.8, 4) is 5.75 Å². The van der Waals surface area contributed by atoms with Crippen molar-refractivity contribution in [2.24, 2.45) is 0 Å². The van der Waals surface area contributed by atoms with Crippen molar-refractivity contribution in [2.75, 3.05) is 39.3 Å². The van der Waals surface area contributed by atoms with Crippen LogP contribution in [0.1, 0.15) is 38.3 Å². The number of carbonyl (C=O) groups excluding carboxylic acids is 2. The summed E-state index contributed by atoms with van der Waals surface area (Å²) in [6.07, 6.45) is 2.40. The van der Waals surface area contributed by atoms with E-state index in [4.69, 9.17) is 4.74 Å². The number of rotatable bonds is 7. The van der Waals surface area contributed by atoms with E-state index >= 15 is 0 Å². The molecule has 2 N–H and O–H groups in total. The molecule has 1 unspecified atom stereocenters. The molecule has 2 aliphatic heterocycles. The molecule has 4 aliphatic rings. The maximum Gasteiger partial charge on any atom is 0.246 e. The molecule has 0 saturated carbocycles. The normalized spacial score (nSPS) is 20.1. The lowest BCUT2D eigenvalue weighted by Crippen LogP contribution is -2.73. The van der Waals surface area contributed by atoms with Crippen LogP contribution in [0.25, 0.3) is 0 Å². The summed E-state index contributed by atoms with van der Waals surface area (Å²) in [5.74, 6) is 0.458. The van der Waals surface area contributed by atoms with Crippen LogP contribution < -0.4 is 15.0 Å². The van der Waals surface area contributed by atoms with Crippen LogP contribution in [0, 0.1) is 6.92 Å². The van der Waals surface area contributed by atoms with Gasteiger partial charge in [0.1, 0.15) is 5.57 Å². The highest BCUT2D eigenvalue weighted by Crippen LogP contribution is 2.36. The molecule has 7 heteroatoms. The standard InChI is InChI=1S/C35H34N4O3/c1-23-12-13-29-27(20-23)37-33-30(42-29)21-28(31-32(33)35(41)26-11-6-5-10-25(26)34(31)40)36-14-7-15-38-16-18-39(19-17-38)22-24-8-3-2-4-9-24/h2-6,8-13,20-21,30,36H,7,14-19,22H2,1H3/p+1. The minimum Gasteiger partial charge on any atom is -0.468 e. The molecule has 0 spiro atoms. The second kappa shape index (κ2) is 11.2. The van der Waals surface area contributed by atoms with Crippen LogP contribution in [-0.4, -0.2) is 72.5 Å². The Morgan fingerprint density at radius 1 is 0.857 bits per heavy atom. The second-order valence-electron chi connectivity index (χ2n) is 11.5. The van der Waals surface area contributed by atoms with Gasteiger partial charge in [-0.15, -0.1) is 0 Å². The molecular weight excluding hydrogens is 524 g/mol. The van der Waals surface area contributed by atoms with E-state index in [0.29, 0.717) is 40.2 Å². The van der Waals surface area contributed by atoms with E-state index in [1.807, 2.05) is 37.3 Å². The molecule has 212 valence electrons. The minimum atomic E-state index is -0.485. The van der Waals surface area contributed by atoms with Crippen molar-refractivity contribution >= 4 is 23.0 Å². The van der Waals surface area contributed by atoms with E-state index < -0.39 is 6.10 Å². The molecule has 0 bridgehead atoms. The molecule has 2 heterocycles. The van der Waals surface area contributed by atoms with Gasteiger partial charge in [0.15, 0.2) is 11.5 Å². The highest BCUT2D eigenvalue weighted by Gasteiger charge is 2.46. The Morgan fingerprint density at radius 2 is 1.55 bits per heavy atom. The zero-order valence-corrected chi connectivity index (χ0v) is 23.9. The van der Waals surface area contributed by atoms with Crippen LogP contribution in [0.15, 0.2) is 95.7 Å². The van der Waals surface area contributed by atoms with E-state index in [2.05, 4.69) is 50.4 Å². The number of hydrogen-bond donors (Lipinski definition) is 2. The number of nitrogens with zero attached hydrogens (tertiary/aromatic N) is 2. The average molecular weight is 560 g/mol. The Labute approximate surface area is 246 Å². The largest absolute Gasteiger partial charge is 0.468 e. The van der Waals surface area contributed by atoms with Crippen molar-refractivity contribution in [1.82, 2.24) is 15.1 Å². The van der Waals surface area contributed by atoms with Gasteiger partial charge in [0, 0.05) is 62.2 Å². The number of hydrogen-bond acceptors (Lipinski definition) is 6. The van der Waals surface area contributed by atoms with Crippen molar-refractivity contribution < 1.29 is 19.3 Å². The molecule has 1 atom stereocenters. The predicted molar refractivity (Wildman–Crippen MR) is 162 cm³/mol. The lowest BCUT2D eigenvalue weighted by molar-refractivity contribution is -0.363. The Kier molecular flexibility index (Phi) is 7.06. The van der Waals surface area contributed by atoms with Gasteiger partial charge in [-0.25, -0.2) is 4.99 Å². The number of aryl methyl sites for hydroxylation is 1. The summed E-state index contributed by atoms with van der Waals surface area (Å²) in [7, 11) is 0. The van der Waals surface area contributed by atoms with Gasteiger partial charge >= 0.3 is 0 Å². The van der Waals surface area contributed by atoms with E-state index in [1.54, 1.807) is 18.2 Å². The predicted octanol–water partition coefficient (Wildman–Crippen LogP) is 2.98. The number of carbonyl (C=O) groups is 2. The van der Waals surface area contributed by atoms with Gasteiger partial charge in [-0.2, -0.15) is 0 Å². The summed E-state index contributed by atoms with van der Waals surface area (Å²) in [6.45, 7) is 8.91. The molecule has 3 aromatic rings. The van der Waals surface area contributed by atoms with E-state index in [-0.39, 0.29) is 11.6 Å². The number of ketones is 2. The summed E-state index contributed by atoms with van der Waals surface area (Å²) >= 11 is 0. The molecular formula is C35H35N4O3+. The monoisotopic (exact) mass is 559 g/mol. The fourth-order valence-electron chi connectivity index (χ4n) is 6.39. The van der Waals surface area contributed by atoms with Crippen LogP contribution >= 0.6 is 0 Å². The van der Waals surface area contributed by atoms with Crippen LogP contribution in [0.5, 0.6) is 5.75 Å². The molecule has 0 radical (unpaired) electrons. The van der Waals surface area contributed by atoms with Gasteiger partial charge < -0.3 is 15.0 Å². The van der Waals surface area contributed by atoms with Crippen LogP contribution in [0.2, 0.25) is 0 Å². The lowest BCUT2D eigenvalue weighted by Gasteiger charge is -2.35. The minimum absolute atomic E-state index is 0.128. The number of piperazine rings is 1. The number of benzene rings is 3. The topological polar surface area (TPSA) is 75.9 Å². The summed E-state index contributed by atoms with van der Waals surface area (Å²) in [6, 6.07) is 23.7. The van der Waals surface area contributed by atoms with Gasteiger partial charge in [-0.3, -0.25) is 14.5 Å². The quantitative estimate of drug-likeness (QED) is 0.434.